The van der Waals surface area contributed by atoms with Gasteiger partial charge in [-0.15, -0.1) is 0 Å². The van der Waals surface area contributed by atoms with Gasteiger partial charge in [-0.2, -0.15) is 0 Å². The van der Waals surface area contributed by atoms with Crippen LogP contribution in [0.4, 0.5) is 4.79 Å². The molecule has 20 heavy (non-hydrogen) atoms. The largest absolute Gasteiger partial charge is 0.334 e. The third kappa shape index (κ3) is 3.96. The van der Waals surface area contributed by atoms with E-state index in [1.165, 1.54) is 4.90 Å². The number of nitrogens with one attached hydrogen (secondary N) is 1. The maximum absolute atomic E-state index is 12.0. The Morgan fingerprint density at radius 3 is 2.60 bits per heavy atom. The van der Waals surface area contributed by atoms with Gasteiger partial charge < -0.3 is 10.2 Å². The van der Waals surface area contributed by atoms with Crippen LogP contribution in [0.2, 0.25) is 0 Å². The monoisotopic (exact) mass is 360 g/mol. The summed E-state index contributed by atoms with van der Waals surface area (Å²) >= 11 is 3.35. The number of sulfone groups is 1. The molecule has 1 unspecified atom stereocenters. The molecule has 110 valence electrons. The lowest BCUT2D eigenvalue weighted by atomic mass is 10.2. The second-order valence-corrected chi connectivity index (χ2v) is 8.10. The minimum absolute atomic E-state index is 0.0647. The Morgan fingerprint density at radius 1 is 1.40 bits per heavy atom. The number of carbonyl (C=O) groups is 1. The van der Waals surface area contributed by atoms with Crippen LogP contribution in [-0.4, -0.2) is 43.9 Å². The van der Waals surface area contributed by atoms with Gasteiger partial charge in [0, 0.05) is 24.1 Å². The van der Waals surface area contributed by atoms with Gasteiger partial charge >= 0.3 is 6.03 Å². The number of hydrogen-bond acceptors (Lipinski definition) is 3. The number of benzene rings is 1. The normalized spacial score (nSPS) is 20.6. The van der Waals surface area contributed by atoms with E-state index in [9.17, 15) is 13.2 Å². The number of hydrogen-bond donors (Lipinski definition) is 1. The minimum Gasteiger partial charge on any atom is -0.334 e. The Labute approximate surface area is 127 Å². The van der Waals surface area contributed by atoms with Gasteiger partial charge in [0.2, 0.25) is 0 Å². The molecule has 1 aromatic carbocycles. The molecule has 1 saturated heterocycles. The Balaban J connectivity index is 1.87. The number of halogens is 1. The van der Waals surface area contributed by atoms with Crippen LogP contribution in [-0.2, 0) is 16.4 Å². The lowest BCUT2D eigenvalue weighted by Crippen LogP contribution is -2.43. The summed E-state index contributed by atoms with van der Waals surface area (Å²) in [5, 5.41) is 2.80. The smallest absolute Gasteiger partial charge is 0.317 e. The zero-order valence-corrected chi connectivity index (χ0v) is 13.6. The molecule has 0 aromatic heterocycles. The molecule has 1 atom stereocenters. The van der Waals surface area contributed by atoms with Crippen LogP contribution in [0.3, 0.4) is 0 Å². The molecule has 0 bridgehead atoms. The number of carbonyl (C=O) groups excluding carboxylic acids is 1. The first-order chi connectivity index (χ1) is 9.37. The van der Waals surface area contributed by atoms with E-state index >= 15 is 0 Å². The molecule has 0 radical (unpaired) electrons. The van der Waals surface area contributed by atoms with Crippen molar-refractivity contribution in [2.24, 2.45) is 0 Å². The molecule has 1 fully saturated rings. The van der Waals surface area contributed by atoms with Crippen molar-refractivity contribution in [3.63, 3.8) is 0 Å². The summed E-state index contributed by atoms with van der Waals surface area (Å²) in [6.07, 6.45) is 0.518. The highest BCUT2D eigenvalue weighted by Gasteiger charge is 2.32. The number of urea groups is 1. The molecule has 0 aliphatic carbocycles. The Morgan fingerprint density at radius 2 is 2.05 bits per heavy atom. The van der Waals surface area contributed by atoms with Crippen molar-refractivity contribution in [2.45, 2.75) is 19.0 Å². The fourth-order valence-electron chi connectivity index (χ4n) is 2.15. The van der Waals surface area contributed by atoms with Crippen molar-refractivity contribution in [1.82, 2.24) is 10.2 Å². The SMILES string of the molecule is CN(C(=O)NCc1ccc(Br)cc1)C1CCS(=O)(=O)C1. The highest BCUT2D eigenvalue weighted by atomic mass is 79.9. The van der Waals surface area contributed by atoms with Gasteiger partial charge in [0.1, 0.15) is 0 Å². The lowest BCUT2D eigenvalue weighted by molar-refractivity contribution is 0.194. The summed E-state index contributed by atoms with van der Waals surface area (Å²) in [4.78, 5) is 13.5. The number of rotatable bonds is 3. The minimum atomic E-state index is -2.97. The van der Waals surface area contributed by atoms with Crippen molar-refractivity contribution in [1.29, 1.82) is 0 Å². The van der Waals surface area contributed by atoms with Gasteiger partial charge in [0.05, 0.1) is 11.5 Å². The highest BCUT2D eigenvalue weighted by molar-refractivity contribution is 9.10. The zero-order valence-electron chi connectivity index (χ0n) is 11.2. The molecule has 2 rings (SSSR count). The maximum atomic E-state index is 12.0. The second kappa shape index (κ2) is 6.13. The van der Waals surface area contributed by atoms with E-state index in [1.807, 2.05) is 24.3 Å². The van der Waals surface area contributed by atoms with E-state index < -0.39 is 9.84 Å². The highest BCUT2D eigenvalue weighted by Crippen LogP contribution is 2.16. The molecule has 0 saturated carbocycles. The molecule has 1 aliphatic heterocycles. The molecule has 7 heteroatoms. The molecular formula is C13H17BrN2O3S. The van der Waals surface area contributed by atoms with Crippen molar-refractivity contribution < 1.29 is 13.2 Å². The summed E-state index contributed by atoms with van der Waals surface area (Å²) < 4.78 is 23.8. The molecule has 1 heterocycles. The van der Waals surface area contributed by atoms with Crippen LogP contribution in [0, 0.1) is 0 Å². The fraction of sp³-hybridized carbons (Fsp3) is 0.462. The second-order valence-electron chi connectivity index (χ2n) is 4.95. The van der Waals surface area contributed by atoms with Gasteiger partial charge in [0.25, 0.3) is 0 Å². The summed E-state index contributed by atoms with van der Waals surface area (Å²) in [6.45, 7) is 0.427. The number of amides is 2. The topological polar surface area (TPSA) is 66.5 Å². The van der Waals surface area contributed by atoms with E-state index in [0.29, 0.717) is 13.0 Å². The van der Waals surface area contributed by atoms with Gasteiger partial charge in [-0.3, -0.25) is 0 Å². The molecule has 2 amide bonds. The van der Waals surface area contributed by atoms with Crippen molar-refractivity contribution in [3.8, 4) is 0 Å². The lowest BCUT2D eigenvalue weighted by Gasteiger charge is -2.23. The Bertz CT molecular complexity index is 586. The molecule has 1 aromatic rings. The average Bonchev–Trinajstić information content (AvgIpc) is 2.77. The third-order valence-electron chi connectivity index (χ3n) is 3.43. The summed E-state index contributed by atoms with van der Waals surface area (Å²) in [6, 6.07) is 7.21. The van der Waals surface area contributed by atoms with Gasteiger partial charge in [-0.1, -0.05) is 28.1 Å². The van der Waals surface area contributed by atoms with Crippen LogP contribution in [0.1, 0.15) is 12.0 Å². The molecule has 5 nitrogen and oxygen atoms in total. The van der Waals surface area contributed by atoms with Crippen LogP contribution in [0.25, 0.3) is 0 Å². The number of nitrogens with zero attached hydrogens (tertiary/aromatic N) is 1. The van der Waals surface area contributed by atoms with E-state index in [0.717, 1.165) is 10.0 Å². The van der Waals surface area contributed by atoms with Gasteiger partial charge in [-0.25, -0.2) is 13.2 Å². The first-order valence-electron chi connectivity index (χ1n) is 6.33. The quantitative estimate of drug-likeness (QED) is 0.893. The Hall–Kier alpha value is -1.08. The summed E-state index contributed by atoms with van der Waals surface area (Å²) in [7, 11) is -1.33. The standard InChI is InChI=1S/C13H17BrN2O3S/c1-16(12-6-7-20(18,19)9-12)13(17)15-8-10-2-4-11(14)5-3-10/h2-5,12H,6-9H2,1H3,(H,15,17). The molecule has 1 N–H and O–H groups in total. The molecule has 0 spiro atoms. The molecular weight excluding hydrogens is 344 g/mol. The molecule has 1 aliphatic rings. The van der Waals surface area contributed by atoms with Gasteiger partial charge in [-0.05, 0) is 24.1 Å². The Kier molecular flexibility index (Phi) is 4.70. The van der Waals surface area contributed by atoms with E-state index in [-0.39, 0.29) is 23.6 Å². The first kappa shape index (κ1) is 15.3. The van der Waals surface area contributed by atoms with Crippen LogP contribution < -0.4 is 5.32 Å². The van der Waals surface area contributed by atoms with E-state index in [4.69, 9.17) is 0 Å². The van der Waals surface area contributed by atoms with E-state index in [2.05, 4.69) is 21.2 Å². The van der Waals surface area contributed by atoms with E-state index in [1.54, 1.807) is 7.05 Å². The van der Waals surface area contributed by atoms with Gasteiger partial charge in [0.15, 0.2) is 9.84 Å². The van der Waals surface area contributed by atoms with Crippen LogP contribution in [0.5, 0.6) is 0 Å². The van der Waals surface area contributed by atoms with Crippen LogP contribution in [0.15, 0.2) is 28.7 Å². The van der Waals surface area contributed by atoms with Crippen molar-refractivity contribution in [2.75, 3.05) is 18.6 Å². The first-order valence-corrected chi connectivity index (χ1v) is 8.94. The summed E-state index contributed by atoms with van der Waals surface area (Å²) in [5.41, 5.74) is 0.994. The van der Waals surface area contributed by atoms with Crippen molar-refractivity contribution in [3.05, 3.63) is 34.3 Å². The van der Waals surface area contributed by atoms with Crippen molar-refractivity contribution >= 4 is 31.8 Å². The van der Waals surface area contributed by atoms with Crippen LogP contribution >= 0.6 is 15.9 Å². The predicted octanol–water partition coefficient (Wildman–Crippen LogP) is 1.78. The fourth-order valence-corrected chi connectivity index (χ4v) is 4.19. The zero-order chi connectivity index (χ0) is 14.8. The predicted molar refractivity (Wildman–Crippen MR) is 81.2 cm³/mol. The summed E-state index contributed by atoms with van der Waals surface area (Å²) in [5.74, 6) is 0.233. The third-order valence-corrected chi connectivity index (χ3v) is 5.71. The maximum Gasteiger partial charge on any atom is 0.317 e. The average molecular weight is 361 g/mol.